The van der Waals surface area contributed by atoms with Gasteiger partial charge in [0.2, 0.25) is 6.10 Å². The first-order valence-corrected chi connectivity index (χ1v) is 24.8. The van der Waals surface area contributed by atoms with Crippen molar-refractivity contribution in [2.75, 3.05) is 6.61 Å². The van der Waals surface area contributed by atoms with Gasteiger partial charge in [-0.1, -0.05) is 124 Å². The number of rotatable bonds is 12. The number of aliphatic hydroxyl groups is 1. The maximum atomic E-state index is 15.8. The van der Waals surface area contributed by atoms with Crippen LogP contribution >= 0.6 is 0 Å². The molecule has 5 saturated carbocycles. The molecule has 0 radical (unpaired) electrons. The maximum absolute atomic E-state index is 15.8. The molecule has 6 aliphatic rings. The van der Waals surface area contributed by atoms with Crippen LogP contribution in [0.1, 0.15) is 174 Å². The lowest BCUT2D eigenvalue weighted by Gasteiger charge is -2.68. The topological polar surface area (TPSA) is 99.1 Å². The van der Waals surface area contributed by atoms with Crippen LogP contribution in [0.25, 0.3) is 10.8 Å². The van der Waals surface area contributed by atoms with Crippen molar-refractivity contribution in [1.82, 2.24) is 0 Å². The number of hydrogen-bond donors (Lipinski definition) is 1. The van der Waals surface area contributed by atoms with E-state index in [-0.39, 0.29) is 24.4 Å². The highest BCUT2D eigenvalue weighted by Crippen LogP contribution is 2.73. The summed E-state index contributed by atoms with van der Waals surface area (Å²) in [5.41, 5.74) is -5.91. The Morgan fingerprint density at radius 2 is 1.28 bits per heavy atom. The number of allylic oxidation sites excluding steroid dienone is 2. The molecule has 6 fully saturated rings. The largest absolute Gasteiger partial charge is 0.463 e. The van der Waals surface area contributed by atoms with Gasteiger partial charge in [-0.2, -0.15) is 0 Å². The second-order valence-electron chi connectivity index (χ2n) is 25.8. The standard InChI is InChI=1S/C57H84O7/c1-35(2)25-38-31-44(34-57(61,33-38)41-22-21-39-19-17-18-20-40(39)32-41)50(6,7)51(8,9)56(16,47(59)63-45-23-24-62-46(45)58)53(12,13)52(10,11)55(15,49(3,4)5)48(60)64-54(14)42-27-36-26-37(29-42)30-43(54)28-36/h17-22,25,32,36-38,42-45,61H,23-24,26-31,33-34H2,1-16H3. The number of ether oxygens (including phenoxy) is 3. The molecular formula is C57H84O7. The van der Waals surface area contributed by atoms with Crippen LogP contribution in [0.2, 0.25) is 0 Å². The third-order valence-electron chi connectivity index (χ3n) is 21.1. The molecule has 1 aliphatic heterocycles. The second-order valence-corrected chi connectivity index (χ2v) is 25.8. The summed E-state index contributed by atoms with van der Waals surface area (Å²) < 4.78 is 18.9. The lowest BCUT2D eigenvalue weighted by molar-refractivity contribution is -0.251. The number of carbonyl (C=O) groups is 3. The number of benzene rings is 2. The molecule has 5 aliphatic carbocycles. The minimum Gasteiger partial charge on any atom is -0.463 e. The van der Waals surface area contributed by atoms with Gasteiger partial charge in [-0.3, -0.25) is 9.59 Å². The predicted molar refractivity (Wildman–Crippen MR) is 256 cm³/mol. The number of hydrogen-bond acceptors (Lipinski definition) is 7. The fraction of sp³-hybridized carbons (Fsp3) is 0.737. The van der Waals surface area contributed by atoms with Gasteiger partial charge in [0, 0.05) is 6.42 Å². The number of carbonyl (C=O) groups excluding carboxylic acids is 3. The minimum absolute atomic E-state index is 0.0494. The summed E-state index contributed by atoms with van der Waals surface area (Å²) >= 11 is 0. The van der Waals surface area contributed by atoms with Crippen LogP contribution in [-0.2, 0) is 34.2 Å². The lowest BCUT2D eigenvalue weighted by atomic mass is 9.35. The third kappa shape index (κ3) is 7.32. The zero-order chi connectivity index (χ0) is 47.4. The fourth-order valence-electron chi connectivity index (χ4n) is 14.9. The van der Waals surface area contributed by atoms with Crippen LogP contribution in [0, 0.1) is 73.4 Å². The molecule has 1 heterocycles. The van der Waals surface area contributed by atoms with Gasteiger partial charge in [0.05, 0.1) is 23.0 Å². The highest BCUT2D eigenvalue weighted by molar-refractivity contribution is 5.85. The maximum Gasteiger partial charge on any atom is 0.347 e. The summed E-state index contributed by atoms with van der Waals surface area (Å²) in [5, 5.41) is 15.3. The van der Waals surface area contributed by atoms with Crippen molar-refractivity contribution in [3.63, 3.8) is 0 Å². The van der Waals surface area contributed by atoms with Crippen LogP contribution in [0.4, 0.5) is 0 Å². The summed E-state index contributed by atoms with van der Waals surface area (Å²) in [6, 6.07) is 14.6. The van der Waals surface area contributed by atoms with E-state index in [0.717, 1.165) is 60.3 Å². The monoisotopic (exact) mass is 881 g/mol. The molecule has 64 heavy (non-hydrogen) atoms. The first-order valence-electron chi connectivity index (χ1n) is 24.8. The van der Waals surface area contributed by atoms with Crippen molar-refractivity contribution >= 4 is 28.7 Å². The van der Waals surface area contributed by atoms with Gasteiger partial charge in [0.25, 0.3) is 0 Å². The van der Waals surface area contributed by atoms with Crippen LogP contribution in [0.15, 0.2) is 54.1 Å². The Bertz CT molecular complexity index is 2130. The summed E-state index contributed by atoms with van der Waals surface area (Å²) in [7, 11) is 0. The molecule has 0 amide bonds. The second kappa shape index (κ2) is 16.0. The highest BCUT2D eigenvalue weighted by Gasteiger charge is 2.73. The smallest absolute Gasteiger partial charge is 0.347 e. The Morgan fingerprint density at radius 1 is 0.719 bits per heavy atom. The van der Waals surface area contributed by atoms with Gasteiger partial charge >= 0.3 is 17.9 Å². The van der Waals surface area contributed by atoms with Gasteiger partial charge in [-0.05, 0) is 171 Å². The molecule has 2 aromatic rings. The first kappa shape index (κ1) is 48.7. The Labute approximate surface area is 386 Å². The zero-order valence-electron chi connectivity index (χ0n) is 42.6. The van der Waals surface area contributed by atoms with Gasteiger partial charge in [-0.15, -0.1) is 0 Å². The lowest BCUT2D eigenvalue weighted by Crippen LogP contribution is -2.69. The van der Waals surface area contributed by atoms with E-state index >= 15 is 9.59 Å². The van der Waals surface area contributed by atoms with E-state index in [0.29, 0.717) is 31.1 Å². The molecule has 1 N–H and O–H groups in total. The minimum atomic E-state index is -1.32. The van der Waals surface area contributed by atoms with Gasteiger partial charge in [0.15, 0.2) is 0 Å². The van der Waals surface area contributed by atoms with E-state index in [1.807, 2.05) is 19.1 Å². The Balaban J connectivity index is 1.33. The Hall–Kier alpha value is -3.19. The zero-order valence-corrected chi connectivity index (χ0v) is 42.6. The molecule has 0 aromatic heterocycles. The number of fused-ring (bicyclic) bond motifs is 1. The molecule has 6 unspecified atom stereocenters. The molecule has 7 nitrogen and oxygen atoms in total. The van der Waals surface area contributed by atoms with E-state index in [1.54, 1.807) is 0 Å². The van der Waals surface area contributed by atoms with Crippen LogP contribution in [0.3, 0.4) is 0 Å². The van der Waals surface area contributed by atoms with Crippen molar-refractivity contribution in [3.8, 4) is 0 Å². The van der Waals surface area contributed by atoms with Crippen molar-refractivity contribution in [2.24, 2.45) is 73.4 Å². The molecule has 4 bridgehead atoms. The summed E-state index contributed by atoms with van der Waals surface area (Å²) in [4.78, 5) is 44.6. The summed E-state index contributed by atoms with van der Waals surface area (Å²) in [6.07, 6.45) is 9.36. The first-order chi connectivity index (χ1) is 29.4. The Kier molecular flexibility index (Phi) is 12.2. The third-order valence-corrected chi connectivity index (χ3v) is 21.1. The number of esters is 3. The van der Waals surface area contributed by atoms with Crippen LogP contribution in [0.5, 0.6) is 0 Å². The van der Waals surface area contributed by atoms with Crippen LogP contribution < -0.4 is 0 Å². The van der Waals surface area contributed by atoms with Gasteiger partial charge in [0.1, 0.15) is 5.60 Å². The average molecular weight is 881 g/mol. The summed E-state index contributed by atoms with van der Waals surface area (Å²) in [6.45, 7) is 34.8. The molecule has 8 rings (SSSR count). The van der Waals surface area contributed by atoms with E-state index in [1.165, 1.54) is 12.0 Å². The molecule has 0 spiro atoms. The van der Waals surface area contributed by atoms with Crippen molar-refractivity contribution in [2.45, 2.75) is 186 Å². The van der Waals surface area contributed by atoms with E-state index in [2.05, 4.69) is 140 Å². The van der Waals surface area contributed by atoms with Crippen LogP contribution in [-0.4, -0.2) is 41.3 Å². The van der Waals surface area contributed by atoms with Gasteiger partial charge in [-0.25, -0.2) is 4.79 Å². The molecular weight excluding hydrogens is 797 g/mol. The molecule has 354 valence electrons. The predicted octanol–water partition coefficient (Wildman–Crippen LogP) is 13.2. The Morgan fingerprint density at radius 3 is 1.81 bits per heavy atom. The average Bonchev–Trinajstić information content (AvgIpc) is 3.60. The molecule has 7 heteroatoms. The SMILES string of the molecule is CC(C)=CC1CC(C(C)(C)C(C)(C)C(C)(C(=O)OC2CCOC2=O)C(C)(C)C(C)(C)C(C)(C(=O)OC2(C)C3CC4CC(C3)CC2C4)C(C)(C)C)CC(O)(c2ccc3ccccc3c2)C1. The van der Waals surface area contributed by atoms with E-state index in [4.69, 9.17) is 14.2 Å². The van der Waals surface area contributed by atoms with E-state index in [9.17, 15) is 9.90 Å². The molecule has 1 saturated heterocycles. The number of cyclic esters (lactones) is 1. The normalized spacial score (nSPS) is 33.0. The highest BCUT2D eigenvalue weighted by atomic mass is 16.6. The molecule has 6 atom stereocenters. The quantitative estimate of drug-likeness (QED) is 0.129. The summed E-state index contributed by atoms with van der Waals surface area (Å²) in [5.74, 6) is 1.05. The van der Waals surface area contributed by atoms with Crippen molar-refractivity contribution in [1.29, 1.82) is 0 Å². The van der Waals surface area contributed by atoms with Crippen molar-refractivity contribution < 1.29 is 33.7 Å². The fourth-order valence-corrected chi connectivity index (χ4v) is 14.9. The van der Waals surface area contributed by atoms with Crippen molar-refractivity contribution in [3.05, 3.63) is 59.7 Å². The molecule has 2 aromatic carbocycles. The van der Waals surface area contributed by atoms with E-state index < -0.39 is 67.1 Å². The van der Waals surface area contributed by atoms with Gasteiger partial charge < -0.3 is 19.3 Å².